The fourth-order valence-electron chi connectivity index (χ4n) is 3.36. The first-order chi connectivity index (χ1) is 10.2. The Morgan fingerprint density at radius 2 is 1.95 bits per heavy atom. The molecular formula is C17H26ClNOS. The van der Waals surface area contributed by atoms with Crippen molar-refractivity contribution in [1.82, 2.24) is 5.32 Å². The molecule has 4 atom stereocenters. The van der Waals surface area contributed by atoms with Gasteiger partial charge < -0.3 is 5.32 Å². The van der Waals surface area contributed by atoms with Crippen molar-refractivity contribution >= 4 is 22.4 Å². The minimum Gasteiger partial charge on any atom is -0.313 e. The number of halogens is 1. The Morgan fingerprint density at radius 3 is 2.57 bits per heavy atom. The average Bonchev–Trinajstić information content (AvgIpc) is 2.49. The molecule has 118 valence electrons. The van der Waals surface area contributed by atoms with E-state index in [0.717, 1.165) is 30.2 Å². The van der Waals surface area contributed by atoms with Gasteiger partial charge in [-0.2, -0.15) is 0 Å². The molecule has 0 aliphatic heterocycles. The van der Waals surface area contributed by atoms with Gasteiger partial charge in [-0.1, -0.05) is 38.3 Å². The topological polar surface area (TPSA) is 29.1 Å². The summed E-state index contributed by atoms with van der Waals surface area (Å²) in [6.45, 7) is 5.30. The van der Waals surface area contributed by atoms with E-state index in [9.17, 15) is 4.21 Å². The molecule has 0 radical (unpaired) electrons. The van der Waals surface area contributed by atoms with Gasteiger partial charge in [-0.25, -0.2) is 0 Å². The van der Waals surface area contributed by atoms with Crippen LogP contribution in [0.15, 0.2) is 29.2 Å². The van der Waals surface area contributed by atoms with Gasteiger partial charge in [0, 0.05) is 16.0 Å². The highest BCUT2D eigenvalue weighted by molar-refractivity contribution is 7.85. The molecule has 0 heterocycles. The minimum atomic E-state index is -0.955. The van der Waals surface area contributed by atoms with Crippen molar-refractivity contribution in [2.24, 2.45) is 5.92 Å². The molecule has 1 aliphatic rings. The summed E-state index contributed by atoms with van der Waals surface area (Å²) in [6, 6.07) is 7.86. The molecular weight excluding hydrogens is 302 g/mol. The molecule has 1 fully saturated rings. The summed E-state index contributed by atoms with van der Waals surface area (Å²) in [6.07, 6.45) is 5.95. The maximum absolute atomic E-state index is 13.0. The molecule has 21 heavy (non-hydrogen) atoms. The standard InChI is InChI=1S/C17H26ClNOS/c1-3-5-13-6-11-16(19-4-2)17(12-13)21(20)15-9-7-14(18)8-10-15/h7-10,13,16-17,19H,3-6,11-12H2,1-2H3. The van der Waals surface area contributed by atoms with E-state index in [-0.39, 0.29) is 5.25 Å². The molecule has 0 bridgehead atoms. The second-order valence-corrected chi connectivity index (χ2v) is 8.03. The quantitative estimate of drug-likeness (QED) is 0.839. The van der Waals surface area contributed by atoms with Crippen molar-refractivity contribution in [1.29, 1.82) is 0 Å². The minimum absolute atomic E-state index is 0.219. The van der Waals surface area contributed by atoms with E-state index < -0.39 is 10.8 Å². The molecule has 2 nitrogen and oxygen atoms in total. The van der Waals surface area contributed by atoms with Gasteiger partial charge in [0.2, 0.25) is 0 Å². The van der Waals surface area contributed by atoms with Crippen molar-refractivity contribution in [3.63, 3.8) is 0 Å². The Kier molecular flexibility index (Phi) is 6.72. The smallest absolute Gasteiger partial charge is 0.0576 e. The number of nitrogens with one attached hydrogen (secondary N) is 1. The van der Waals surface area contributed by atoms with E-state index in [4.69, 9.17) is 11.6 Å². The Morgan fingerprint density at radius 1 is 1.24 bits per heavy atom. The Balaban J connectivity index is 2.14. The highest BCUT2D eigenvalue weighted by Crippen LogP contribution is 2.33. The summed E-state index contributed by atoms with van der Waals surface area (Å²) < 4.78 is 13.0. The van der Waals surface area contributed by atoms with Gasteiger partial charge in [0.1, 0.15) is 0 Å². The fourth-order valence-corrected chi connectivity index (χ4v) is 5.22. The second kappa shape index (κ2) is 8.30. The normalized spacial score (nSPS) is 27.5. The number of rotatable bonds is 6. The lowest BCUT2D eigenvalue weighted by Crippen LogP contribution is -2.46. The number of hydrogen-bond acceptors (Lipinski definition) is 2. The third-order valence-electron chi connectivity index (χ3n) is 4.38. The number of hydrogen-bond donors (Lipinski definition) is 1. The Bertz CT molecular complexity index is 462. The first kappa shape index (κ1) is 17.0. The van der Waals surface area contributed by atoms with Crippen LogP contribution in [-0.4, -0.2) is 22.0 Å². The van der Waals surface area contributed by atoms with E-state index in [1.54, 1.807) is 0 Å². The van der Waals surface area contributed by atoms with Gasteiger partial charge in [0.15, 0.2) is 0 Å². The zero-order valence-corrected chi connectivity index (χ0v) is 14.6. The largest absolute Gasteiger partial charge is 0.313 e. The van der Waals surface area contributed by atoms with Gasteiger partial charge in [0.25, 0.3) is 0 Å². The van der Waals surface area contributed by atoms with Gasteiger partial charge in [-0.05, 0) is 56.0 Å². The summed E-state index contributed by atoms with van der Waals surface area (Å²) >= 11 is 5.93. The molecule has 0 aromatic heterocycles. The molecule has 1 saturated carbocycles. The van der Waals surface area contributed by atoms with Gasteiger partial charge in [-0.15, -0.1) is 0 Å². The molecule has 2 rings (SSSR count). The lowest BCUT2D eigenvalue weighted by atomic mass is 9.83. The average molecular weight is 328 g/mol. The van der Waals surface area contributed by atoms with E-state index in [2.05, 4.69) is 19.2 Å². The van der Waals surface area contributed by atoms with Crippen LogP contribution >= 0.6 is 11.6 Å². The first-order valence-corrected chi connectivity index (χ1v) is 9.64. The molecule has 1 N–H and O–H groups in total. The fraction of sp³-hybridized carbons (Fsp3) is 0.647. The highest BCUT2D eigenvalue weighted by Gasteiger charge is 2.34. The zero-order valence-electron chi connectivity index (χ0n) is 13.0. The van der Waals surface area contributed by atoms with Crippen LogP contribution in [0.1, 0.15) is 46.0 Å². The molecule has 4 heteroatoms. The molecule has 4 unspecified atom stereocenters. The van der Waals surface area contributed by atoms with E-state index in [1.165, 1.54) is 19.3 Å². The van der Waals surface area contributed by atoms with Crippen LogP contribution in [-0.2, 0) is 10.8 Å². The lowest BCUT2D eigenvalue weighted by Gasteiger charge is -2.36. The molecule has 1 aromatic rings. The summed E-state index contributed by atoms with van der Waals surface area (Å²) in [4.78, 5) is 0.907. The van der Waals surface area contributed by atoms with Crippen molar-refractivity contribution in [2.75, 3.05) is 6.54 Å². The maximum atomic E-state index is 13.0. The van der Waals surface area contributed by atoms with Crippen LogP contribution in [0, 0.1) is 5.92 Å². The summed E-state index contributed by atoms with van der Waals surface area (Å²) in [5.74, 6) is 0.728. The monoisotopic (exact) mass is 327 g/mol. The van der Waals surface area contributed by atoms with Gasteiger partial charge >= 0.3 is 0 Å². The van der Waals surface area contributed by atoms with Crippen molar-refractivity contribution in [3.05, 3.63) is 29.3 Å². The summed E-state index contributed by atoms with van der Waals surface area (Å²) in [5, 5.41) is 4.46. The van der Waals surface area contributed by atoms with E-state index in [1.807, 2.05) is 24.3 Å². The molecule has 0 saturated heterocycles. The SMILES string of the molecule is CCCC1CCC(NCC)C(S(=O)c2ccc(Cl)cc2)C1. The second-order valence-electron chi connectivity index (χ2n) is 5.92. The Labute approximate surface area is 136 Å². The third kappa shape index (κ3) is 4.54. The third-order valence-corrected chi connectivity index (χ3v) is 6.44. The van der Waals surface area contributed by atoms with Crippen molar-refractivity contribution in [2.45, 2.75) is 62.1 Å². The maximum Gasteiger partial charge on any atom is 0.0576 e. The molecule has 0 spiro atoms. The van der Waals surface area contributed by atoms with E-state index in [0.29, 0.717) is 11.1 Å². The van der Waals surface area contributed by atoms with Crippen molar-refractivity contribution < 1.29 is 4.21 Å². The van der Waals surface area contributed by atoms with E-state index >= 15 is 0 Å². The zero-order chi connectivity index (χ0) is 15.2. The van der Waals surface area contributed by atoms with Gasteiger partial charge in [0.05, 0.1) is 16.0 Å². The Hall–Kier alpha value is -0.380. The van der Waals surface area contributed by atoms with Crippen LogP contribution in [0.2, 0.25) is 5.02 Å². The molecule has 1 aliphatic carbocycles. The van der Waals surface area contributed by atoms with Crippen LogP contribution in [0.3, 0.4) is 0 Å². The van der Waals surface area contributed by atoms with Crippen molar-refractivity contribution in [3.8, 4) is 0 Å². The summed E-state index contributed by atoms with van der Waals surface area (Å²) in [5.41, 5.74) is 0. The highest BCUT2D eigenvalue weighted by atomic mass is 35.5. The number of benzene rings is 1. The lowest BCUT2D eigenvalue weighted by molar-refractivity contribution is 0.286. The predicted molar refractivity (Wildman–Crippen MR) is 91.4 cm³/mol. The van der Waals surface area contributed by atoms with Crippen LogP contribution in [0.25, 0.3) is 0 Å². The summed E-state index contributed by atoms with van der Waals surface area (Å²) in [7, 11) is -0.955. The molecule has 0 amide bonds. The predicted octanol–water partition coefficient (Wildman–Crippen LogP) is 4.39. The first-order valence-electron chi connectivity index (χ1n) is 8.05. The van der Waals surface area contributed by atoms with Crippen LogP contribution < -0.4 is 5.32 Å². The van der Waals surface area contributed by atoms with Crippen LogP contribution in [0.5, 0.6) is 0 Å². The van der Waals surface area contributed by atoms with Gasteiger partial charge in [-0.3, -0.25) is 4.21 Å². The molecule has 1 aromatic carbocycles. The van der Waals surface area contributed by atoms with Crippen LogP contribution in [0.4, 0.5) is 0 Å².